The van der Waals surface area contributed by atoms with Crippen molar-refractivity contribution in [3.8, 4) is 5.75 Å². The Kier molecular flexibility index (Phi) is 9.34. The van der Waals surface area contributed by atoms with Crippen LogP contribution < -0.4 is 16.2 Å². The zero-order valence-electron chi connectivity index (χ0n) is 19.7. The maximum absolute atomic E-state index is 13.3. The predicted octanol–water partition coefficient (Wildman–Crippen LogP) is 2.38. The molecule has 0 bridgehead atoms. The number of nitrogens with one attached hydrogen (secondary N) is 2. The maximum atomic E-state index is 13.3. The highest BCUT2D eigenvalue weighted by atomic mass is 19.1. The van der Waals surface area contributed by atoms with E-state index in [0.717, 1.165) is 11.1 Å². The van der Waals surface area contributed by atoms with E-state index in [2.05, 4.69) is 15.6 Å². The van der Waals surface area contributed by atoms with Gasteiger partial charge in [-0.15, -0.1) is 0 Å². The zero-order valence-corrected chi connectivity index (χ0v) is 19.7. The molecular formula is C25H29FN4O6. The lowest BCUT2D eigenvalue weighted by molar-refractivity contribution is 0.0947. The first kappa shape index (κ1) is 26.6. The van der Waals surface area contributed by atoms with Gasteiger partial charge in [-0.3, -0.25) is 14.6 Å². The largest absolute Gasteiger partial charge is 0.505 e. The van der Waals surface area contributed by atoms with Crippen molar-refractivity contribution in [1.29, 1.82) is 0 Å². The molecule has 2 heterocycles. The van der Waals surface area contributed by atoms with Crippen molar-refractivity contribution < 1.29 is 29.3 Å². The van der Waals surface area contributed by atoms with E-state index in [0.29, 0.717) is 37.6 Å². The molecule has 5 N–H and O–H groups in total. The highest BCUT2D eigenvalue weighted by Gasteiger charge is 2.23. The number of hydrogen-bond acceptors (Lipinski definition) is 6. The third-order valence-corrected chi connectivity index (χ3v) is 5.64. The second-order valence-corrected chi connectivity index (χ2v) is 8.32. The fraction of sp³-hybridized carbons (Fsp3) is 0.360. The molecule has 0 saturated carbocycles. The first-order valence-corrected chi connectivity index (χ1v) is 11.7. The Bertz CT molecular complexity index is 1280. The van der Waals surface area contributed by atoms with E-state index in [9.17, 15) is 23.9 Å². The van der Waals surface area contributed by atoms with Crippen molar-refractivity contribution in [3.05, 3.63) is 69.4 Å². The lowest BCUT2D eigenvalue weighted by atomic mass is 10.0. The predicted molar refractivity (Wildman–Crippen MR) is 131 cm³/mol. The molecule has 192 valence electrons. The van der Waals surface area contributed by atoms with Crippen LogP contribution in [0, 0.1) is 5.82 Å². The summed E-state index contributed by atoms with van der Waals surface area (Å²) < 4.78 is 14.6. The molecule has 0 saturated heterocycles. The van der Waals surface area contributed by atoms with Crippen LogP contribution in [0.2, 0.25) is 0 Å². The second kappa shape index (κ2) is 12.6. The molecule has 0 spiro atoms. The van der Waals surface area contributed by atoms with Crippen LogP contribution in [0.1, 0.15) is 47.2 Å². The summed E-state index contributed by atoms with van der Waals surface area (Å²) >= 11 is 0. The SMILES string of the molecule is O=C(O)NCCCCn1c(=O)c(C(=O)NCCCCO)c(O)c2ncc(Cc3ccc(F)cc3)cc21. The van der Waals surface area contributed by atoms with Gasteiger partial charge in [0.15, 0.2) is 5.75 Å². The van der Waals surface area contributed by atoms with Gasteiger partial charge in [-0.05, 0) is 61.4 Å². The molecule has 11 heteroatoms. The van der Waals surface area contributed by atoms with E-state index in [4.69, 9.17) is 10.2 Å². The molecule has 0 aliphatic rings. The lowest BCUT2D eigenvalue weighted by Gasteiger charge is -2.15. The number of unbranched alkanes of at least 4 members (excludes halogenated alkanes) is 2. The number of aromatic hydroxyl groups is 1. The molecule has 3 rings (SSSR count). The number of aryl methyl sites for hydroxylation is 1. The van der Waals surface area contributed by atoms with Crippen molar-refractivity contribution >= 4 is 23.0 Å². The Morgan fingerprint density at radius 3 is 2.39 bits per heavy atom. The number of aliphatic hydroxyl groups excluding tert-OH is 1. The fourth-order valence-electron chi connectivity index (χ4n) is 3.83. The van der Waals surface area contributed by atoms with Crippen LogP contribution >= 0.6 is 0 Å². The molecule has 0 unspecified atom stereocenters. The van der Waals surface area contributed by atoms with Crippen molar-refractivity contribution in [3.63, 3.8) is 0 Å². The van der Waals surface area contributed by atoms with Gasteiger partial charge < -0.3 is 30.5 Å². The molecule has 2 amide bonds. The summed E-state index contributed by atoms with van der Waals surface area (Å²) in [5.74, 6) is -1.61. The third kappa shape index (κ3) is 6.79. The highest BCUT2D eigenvalue weighted by Crippen LogP contribution is 2.26. The van der Waals surface area contributed by atoms with Crippen LogP contribution in [0.5, 0.6) is 5.75 Å². The first-order valence-electron chi connectivity index (χ1n) is 11.7. The van der Waals surface area contributed by atoms with Gasteiger partial charge in [0.05, 0.1) is 5.52 Å². The van der Waals surface area contributed by atoms with Crippen LogP contribution in [0.4, 0.5) is 9.18 Å². The molecule has 3 aromatic rings. The minimum atomic E-state index is -1.14. The van der Waals surface area contributed by atoms with Gasteiger partial charge in [0.2, 0.25) is 0 Å². The summed E-state index contributed by atoms with van der Waals surface area (Å²) in [6.07, 6.45) is 2.67. The average molecular weight is 501 g/mol. The van der Waals surface area contributed by atoms with Crippen LogP contribution in [0.25, 0.3) is 11.0 Å². The molecule has 0 radical (unpaired) electrons. The van der Waals surface area contributed by atoms with Gasteiger partial charge in [-0.25, -0.2) is 9.18 Å². The Labute approximate surface area is 206 Å². The Morgan fingerprint density at radius 2 is 1.69 bits per heavy atom. The number of carbonyl (C=O) groups excluding carboxylic acids is 1. The van der Waals surface area contributed by atoms with E-state index in [-0.39, 0.29) is 37.6 Å². The van der Waals surface area contributed by atoms with E-state index in [1.165, 1.54) is 22.9 Å². The van der Waals surface area contributed by atoms with Gasteiger partial charge in [0.1, 0.15) is 16.9 Å². The summed E-state index contributed by atoms with van der Waals surface area (Å²) in [6, 6.07) is 7.68. The number of carboxylic acid groups (broad SMARTS) is 1. The Morgan fingerprint density at radius 1 is 1.00 bits per heavy atom. The van der Waals surface area contributed by atoms with Crippen molar-refractivity contribution in [2.45, 2.75) is 38.6 Å². The van der Waals surface area contributed by atoms with Gasteiger partial charge in [0, 0.05) is 32.4 Å². The third-order valence-electron chi connectivity index (χ3n) is 5.64. The van der Waals surface area contributed by atoms with Gasteiger partial charge >= 0.3 is 6.09 Å². The number of halogens is 1. The number of carbonyl (C=O) groups is 2. The number of amides is 2. The minimum Gasteiger partial charge on any atom is -0.505 e. The standard InChI is InChI=1S/C25H29FN4O6/c26-18-7-5-16(6-8-18)13-17-14-19-21(29-15-17)22(32)20(23(33)27-9-2-4-12-31)24(34)30(19)11-3-1-10-28-25(35)36/h5-8,14-15,28,31-32H,1-4,9-13H2,(H,27,33)(H,35,36). The molecule has 2 aromatic heterocycles. The highest BCUT2D eigenvalue weighted by molar-refractivity contribution is 6.01. The van der Waals surface area contributed by atoms with E-state index >= 15 is 0 Å². The number of fused-ring (bicyclic) bond motifs is 1. The smallest absolute Gasteiger partial charge is 0.404 e. The Balaban J connectivity index is 1.97. The zero-order chi connectivity index (χ0) is 26.1. The molecular weight excluding hydrogens is 471 g/mol. The Hall–Kier alpha value is -3.99. The van der Waals surface area contributed by atoms with Crippen molar-refractivity contribution in [1.82, 2.24) is 20.2 Å². The monoisotopic (exact) mass is 500 g/mol. The molecule has 36 heavy (non-hydrogen) atoms. The minimum absolute atomic E-state index is 0.0230. The van der Waals surface area contributed by atoms with Crippen LogP contribution in [0.3, 0.4) is 0 Å². The number of rotatable bonds is 12. The molecule has 1 aromatic carbocycles. The van der Waals surface area contributed by atoms with E-state index < -0.39 is 28.9 Å². The van der Waals surface area contributed by atoms with Crippen molar-refractivity contribution in [2.75, 3.05) is 19.7 Å². The summed E-state index contributed by atoms with van der Waals surface area (Å²) in [6.45, 7) is 0.571. The van der Waals surface area contributed by atoms with Crippen molar-refractivity contribution in [2.24, 2.45) is 0 Å². The number of pyridine rings is 2. The lowest BCUT2D eigenvalue weighted by Crippen LogP contribution is -2.34. The summed E-state index contributed by atoms with van der Waals surface area (Å²) in [7, 11) is 0. The van der Waals surface area contributed by atoms with E-state index in [1.54, 1.807) is 18.2 Å². The summed E-state index contributed by atoms with van der Waals surface area (Å²) in [4.78, 5) is 41.1. The van der Waals surface area contributed by atoms with Crippen LogP contribution in [-0.4, -0.2) is 56.6 Å². The number of aliphatic hydroxyl groups is 1. The summed E-state index contributed by atoms with van der Waals surface area (Å²) in [5, 5.41) is 33.3. The molecule has 0 aliphatic heterocycles. The summed E-state index contributed by atoms with van der Waals surface area (Å²) in [5.41, 5.74) is 0.854. The molecule has 10 nitrogen and oxygen atoms in total. The topological polar surface area (TPSA) is 154 Å². The quantitative estimate of drug-likeness (QED) is 0.239. The molecule has 0 aliphatic carbocycles. The second-order valence-electron chi connectivity index (χ2n) is 8.32. The molecule has 0 atom stereocenters. The first-order chi connectivity index (χ1) is 17.3. The number of nitrogens with zero attached hydrogens (tertiary/aromatic N) is 2. The average Bonchev–Trinajstić information content (AvgIpc) is 2.84. The van der Waals surface area contributed by atoms with Gasteiger partial charge in [0.25, 0.3) is 11.5 Å². The van der Waals surface area contributed by atoms with Gasteiger partial charge in [-0.1, -0.05) is 12.1 Å². The number of aromatic nitrogens is 2. The normalized spacial score (nSPS) is 10.9. The van der Waals surface area contributed by atoms with Crippen LogP contribution in [-0.2, 0) is 13.0 Å². The maximum Gasteiger partial charge on any atom is 0.404 e. The fourth-order valence-corrected chi connectivity index (χ4v) is 3.83. The number of hydrogen-bond donors (Lipinski definition) is 5. The van der Waals surface area contributed by atoms with E-state index in [1.807, 2.05) is 0 Å². The van der Waals surface area contributed by atoms with Crippen LogP contribution in [0.15, 0.2) is 41.3 Å². The molecule has 0 fully saturated rings. The number of benzene rings is 1. The van der Waals surface area contributed by atoms with Gasteiger partial charge in [-0.2, -0.15) is 0 Å².